The van der Waals surface area contributed by atoms with Crippen LogP contribution in [-0.4, -0.2) is 18.5 Å². The Kier molecular flexibility index (Phi) is 4.86. The van der Waals surface area contributed by atoms with Gasteiger partial charge in [-0.25, -0.2) is 0 Å². The Morgan fingerprint density at radius 1 is 1.55 bits per heavy atom. The molecule has 0 rings (SSSR count). The maximum Gasteiger partial charge on any atom is 0.237 e. The van der Waals surface area contributed by atoms with Gasteiger partial charge in [0.05, 0.1) is 6.04 Å². The molecule has 0 saturated carbocycles. The minimum absolute atomic E-state index is 0.0400. The molecule has 3 nitrogen and oxygen atoms in total. The molecule has 0 unspecified atom stereocenters. The third kappa shape index (κ3) is 3.37. The lowest BCUT2D eigenvalue weighted by Gasteiger charge is -2.16. The van der Waals surface area contributed by atoms with E-state index in [-0.39, 0.29) is 17.9 Å². The third-order valence-electron chi connectivity index (χ3n) is 1.91. The van der Waals surface area contributed by atoms with Gasteiger partial charge in [-0.3, -0.25) is 4.79 Å². The van der Waals surface area contributed by atoms with E-state index in [0.717, 1.165) is 6.42 Å². The van der Waals surface area contributed by atoms with E-state index in [0.29, 0.717) is 6.54 Å². The van der Waals surface area contributed by atoms with Crippen LogP contribution in [0.5, 0.6) is 0 Å². The summed E-state index contributed by atoms with van der Waals surface area (Å²) in [7, 11) is 0. The molecule has 0 fully saturated rings. The zero-order valence-electron chi connectivity index (χ0n) is 7.55. The highest BCUT2D eigenvalue weighted by Crippen LogP contribution is 2.04. The summed E-state index contributed by atoms with van der Waals surface area (Å²) in [6, 6.07) is -0.347. The number of amides is 1. The van der Waals surface area contributed by atoms with Gasteiger partial charge in [-0.05, 0) is 12.8 Å². The van der Waals surface area contributed by atoms with Gasteiger partial charge in [0.2, 0.25) is 5.91 Å². The van der Waals surface area contributed by atoms with Gasteiger partial charge in [0.15, 0.2) is 0 Å². The predicted octanol–water partition coefficient (Wildman–Crippen LogP) is 0.496. The molecule has 0 aliphatic heterocycles. The molecule has 0 bridgehead atoms. The van der Waals surface area contributed by atoms with Gasteiger partial charge in [0.25, 0.3) is 0 Å². The summed E-state index contributed by atoms with van der Waals surface area (Å²) in [6.07, 6.45) is 0.943. The molecular formula is C8H18N2O. The normalized spacial score (nSPS) is 15.6. The second-order valence-electron chi connectivity index (χ2n) is 2.81. The van der Waals surface area contributed by atoms with Gasteiger partial charge in [0.1, 0.15) is 0 Å². The molecule has 0 spiro atoms. The summed E-state index contributed by atoms with van der Waals surface area (Å²) in [6.45, 7) is 6.56. The van der Waals surface area contributed by atoms with E-state index >= 15 is 0 Å². The first-order valence-corrected chi connectivity index (χ1v) is 4.16. The fraction of sp³-hybridized carbons (Fsp3) is 0.875. The fourth-order valence-electron chi connectivity index (χ4n) is 0.804. The van der Waals surface area contributed by atoms with Crippen LogP contribution in [-0.2, 0) is 4.79 Å². The molecule has 0 aromatic carbocycles. The summed E-state index contributed by atoms with van der Waals surface area (Å²) < 4.78 is 0. The van der Waals surface area contributed by atoms with E-state index in [1.165, 1.54) is 0 Å². The fourth-order valence-corrected chi connectivity index (χ4v) is 0.804. The molecule has 0 aliphatic carbocycles. The maximum atomic E-state index is 11.1. The minimum atomic E-state index is -0.347. The van der Waals surface area contributed by atoms with E-state index in [2.05, 4.69) is 5.32 Å². The number of nitrogens with one attached hydrogen (secondary N) is 1. The van der Waals surface area contributed by atoms with Gasteiger partial charge in [-0.2, -0.15) is 0 Å². The van der Waals surface area contributed by atoms with E-state index < -0.39 is 0 Å². The number of carbonyl (C=O) groups is 1. The topological polar surface area (TPSA) is 55.1 Å². The Morgan fingerprint density at radius 3 is 2.45 bits per heavy atom. The highest BCUT2D eigenvalue weighted by Gasteiger charge is 2.17. The maximum absolute atomic E-state index is 11.1. The van der Waals surface area contributed by atoms with E-state index in [1.54, 1.807) is 0 Å². The molecule has 0 saturated heterocycles. The van der Waals surface area contributed by atoms with Gasteiger partial charge in [0, 0.05) is 6.54 Å². The summed E-state index contributed by atoms with van der Waals surface area (Å²) >= 11 is 0. The van der Waals surface area contributed by atoms with Crippen molar-refractivity contribution in [3.8, 4) is 0 Å². The zero-order valence-corrected chi connectivity index (χ0v) is 7.55. The van der Waals surface area contributed by atoms with Gasteiger partial charge >= 0.3 is 0 Å². The van der Waals surface area contributed by atoms with Crippen molar-refractivity contribution >= 4 is 5.91 Å². The Morgan fingerprint density at radius 2 is 2.09 bits per heavy atom. The number of rotatable bonds is 4. The quantitative estimate of drug-likeness (QED) is 0.626. The van der Waals surface area contributed by atoms with Gasteiger partial charge < -0.3 is 11.1 Å². The predicted molar refractivity (Wildman–Crippen MR) is 46.1 cm³/mol. The first-order chi connectivity index (χ1) is 5.13. The second kappa shape index (κ2) is 5.13. The van der Waals surface area contributed by atoms with Crippen LogP contribution in [0.3, 0.4) is 0 Å². The molecular weight excluding hydrogens is 140 g/mol. The van der Waals surface area contributed by atoms with Crippen LogP contribution in [0.15, 0.2) is 0 Å². The highest BCUT2D eigenvalue weighted by molar-refractivity contribution is 5.81. The molecule has 0 aromatic heterocycles. The molecule has 11 heavy (non-hydrogen) atoms. The largest absolute Gasteiger partial charge is 0.355 e. The number of carbonyl (C=O) groups excluding carboxylic acids is 1. The van der Waals surface area contributed by atoms with Crippen LogP contribution in [0.4, 0.5) is 0 Å². The van der Waals surface area contributed by atoms with Crippen molar-refractivity contribution < 1.29 is 4.79 Å². The van der Waals surface area contributed by atoms with Crippen LogP contribution in [0.25, 0.3) is 0 Å². The molecule has 1 amide bonds. The highest BCUT2D eigenvalue weighted by atomic mass is 16.2. The summed E-state index contributed by atoms with van der Waals surface area (Å²) in [5, 5.41) is 2.70. The molecule has 0 aliphatic rings. The van der Waals surface area contributed by atoms with Crippen LogP contribution in [0.1, 0.15) is 27.2 Å². The average molecular weight is 158 g/mol. The first-order valence-electron chi connectivity index (χ1n) is 4.16. The van der Waals surface area contributed by atoms with Crippen LogP contribution in [0.2, 0.25) is 0 Å². The smallest absolute Gasteiger partial charge is 0.237 e. The molecule has 66 valence electrons. The standard InChI is InChI=1S/C8H18N2O/c1-4-6(3)7(9)8(11)10-5-2/h6-7H,4-5,9H2,1-3H3,(H,10,11)/t6-,7-/m1/s1. The first kappa shape index (κ1) is 10.4. The SMILES string of the molecule is CCNC(=O)[C@H](N)[C@H](C)CC. The second-order valence-corrected chi connectivity index (χ2v) is 2.81. The monoisotopic (exact) mass is 158 g/mol. The zero-order chi connectivity index (χ0) is 8.85. The lowest BCUT2D eigenvalue weighted by Crippen LogP contribution is -2.44. The summed E-state index contributed by atoms with van der Waals surface area (Å²) in [5.41, 5.74) is 5.65. The number of nitrogens with two attached hydrogens (primary N) is 1. The molecule has 3 heteroatoms. The van der Waals surface area contributed by atoms with Crippen LogP contribution in [0, 0.1) is 5.92 Å². The minimum Gasteiger partial charge on any atom is -0.355 e. The molecule has 3 N–H and O–H groups in total. The van der Waals surface area contributed by atoms with E-state index in [1.807, 2.05) is 20.8 Å². The van der Waals surface area contributed by atoms with Crippen LogP contribution < -0.4 is 11.1 Å². The Hall–Kier alpha value is -0.570. The Balaban J connectivity index is 3.80. The molecule has 0 aromatic rings. The molecule has 2 atom stereocenters. The summed E-state index contributed by atoms with van der Waals surface area (Å²) in [4.78, 5) is 11.1. The molecule has 0 radical (unpaired) electrons. The van der Waals surface area contributed by atoms with Crippen molar-refractivity contribution in [2.45, 2.75) is 33.2 Å². The van der Waals surface area contributed by atoms with Crippen molar-refractivity contribution in [2.75, 3.05) is 6.54 Å². The third-order valence-corrected chi connectivity index (χ3v) is 1.91. The van der Waals surface area contributed by atoms with E-state index in [9.17, 15) is 4.79 Å². The lowest BCUT2D eigenvalue weighted by atomic mass is 9.99. The van der Waals surface area contributed by atoms with Crippen molar-refractivity contribution in [1.29, 1.82) is 0 Å². The Labute approximate surface area is 68.3 Å². The lowest BCUT2D eigenvalue weighted by molar-refractivity contribution is -0.123. The number of hydrogen-bond acceptors (Lipinski definition) is 2. The summed E-state index contributed by atoms with van der Waals surface area (Å²) in [5.74, 6) is 0.225. The molecule has 0 heterocycles. The van der Waals surface area contributed by atoms with Gasteiger partial charge in [-0.15, -0.1) is 0 Å². The van der Waals surface area contributed by atoms with Crippen molar-refractivity contribution in [3.05, 3.63) is 0 Å². The van der Waals surface area contributed by atoms with Crippen molar-refractivity contribution in [1.82, 2.24) is 5.32 Å². The number of likely N-dealkylation sites (N-methyl/N-ethyl adjacent to an activating group) is 1. The van der Waals surface area contributed by atoms with Gasteiger partial charge in [-0.1, -0.05) is 20.3 Å². The van der Waals surface area contributed by atoms with Crippen molar-refractivity contribution in [3.63, 3.8) is 0 Å². The average Bonchev–Trinajstić information content (AvgIpc) is 2.02. The van der Waals surface area contributed by atoms with E-state index in [4.69, 9.17) is 5.73 Å². The van der Waals surface area contributed by atoms with Crippen LogP contribution >= 0.6 is 0 Å². The van der Waals surface area contributed by atoms with Crippen molar-refractivity contribution in [2.24, 2.45) is 11.7 Å². The Bertz CT molecular complexity index is 125. The number of hydrogen-bond donors (Lipinski definition) is 2.